The average molecular weight is 187 g/mol. The third-order valence-electron chi connectivity index (χ3n) is 2.25. The molecular formula is C12H13NO. The first-order chi connectivity index (χ1) is 6.83. The first-order valence-electron chi connectivity index (χ1n) is 4.80. The van der Waals surface area contributed by atoms with Crippen molar-refractivity contribution < 1.29 is 4.74 Å². The fourth-order valence-corrected chi connectivity index (χ4v) is 1.56. The van der Waals surface area contributed by atoms with Gasteiger partial charge in [0.05, 0.1) is 6.61 Å². The standard InChI is InChI=1S/C12H13NO/c1-3-14-11-7-6-9(2)10-5-4-8-13-12(10)11/h4-8H,3H2,1-2H3. The van der Waals surface area contributed by atoms with Crippen molar-refractivity contribution in [1.82, 2.24) is 4.98 Å². The van der Waals surface area contributed by atoms with Crippen LogP contribution >= 0.6 is 0 Å². The lowest BCUT2D eigenvalue weighted by Crippen LogP contribution is -1.94. The van der Waals surface area contributed by atoms with Crippen molar-refractivity contribution in [2.24, 2.45) is 0 Å². The van der Waals surface area contributed by atoms with Crippen LogP contribution in [0.1, 0.15) is 12.5 Å². The van der Waals surface area contributed by atoms with Crippen LogP contribution in [0.3, 0.4) is 0 Å². The van der Waals surface area contributed by atoms with Crippen molar-refractivity contribution in [3.05, 3.63) is 36.0 Å². The van der Waals surface area contributed by atoms with E-state index in [-0.39, 0.29) is 0 Å². The molecule has 14 heavy (non-hydrogen) atoms. The zero-order valence-electron chi connectivity index (χ0n) is 8.45. The van der Waals surface area contributed by atoms with Crippen LogP contribution in [-0.4, -0.2) is 11.6 Å². The van der Waals surface area contributed by atoms with E-state index in [4.69, 9.17) is 4.74 Å². The molecule has 0 radical (unpaired) electrons. The minimum Gasteiger partial charge on any atom is -0.492 e. The highest BCUT2D eigenvalue weighted by Gasteiger charge is 2.03. The van der Waals surface area contributed by atoms with Gasteiger partial charge in [-0.05, 0) is 31.5 Å². The van der Waals surface area contributed by atoms with Crippen LogP contribution in [-0.2, 0) is 0 Å². The van der Waals surface area contributed by atoms with Crippen LogP contribution in [0.2, 0.25) is 0 Å². The number of pyridine rings is 1. The van der Waals surface area contributed by atoms with Gasteiger partial charge in [-0.1, -0.05) is 12.1 Å². The quantitative estimate of drug-likeness (QED) is 0.721. The maximum atomic E-state index is 5.51. The molecule has 2 aromatic rings. The molecule has 0 aliphatic carbocycles. The molecule has 0 fully saturated rings. The van der Waals surface area contributed by atoms with Crippen LogP contribution in [0.15, 0.2) is 30.5 Å². The van der Waals surface area contributed by atoms with Crippen molar-refractivity contribution in [1.29, 1.82) is 0 Å². The smallest absolute Gasteiger partial charge is 0.145 e. The van der Waals surface area contributed by atoms with Gasteiger partial charge in [0.15, 0.2) is 0 Å². The van der Waals surface area contributed by atoms with Crippen LogP contribution in [0.25, 0.3) is 10.9 Å². The normalized spacial score (nSPS) is 10.4. The fraction of sp³-hybridized carbons (Fsp3) is 0.250. The van der Waals surface area contributed by atoms with Gasteiger partial charge in [0.1, 0.15) is 11.3 Å². The number of ether oxygens (including phenoxy) is 1. The molecule has 0 N–H and O–H groups in total. The summed E-state index contributed by atoms with van der Waals surface area (Å²) in [7, 11) is 0. The number of aryl methyl sites for hydroxylation is 1. The molecule has 1 aromatic heterocycles. The first kappa shape index (κ1) is 9.00. The summed E-state index contributed by atoms with van der Waals surface area (Å²) >= 11 is 0. The highest BCUT2D eigenvalue weighted by atomic mass is 16.5. The zero-order valence-corrected chi connectivity index (χ0v) is 8.45. The molecule has 1 aromatic carbocycles. The maximum absolute atomic E-state index is 5.51. The number of hydrogen-bond acceptors (Lipinski definition) is 2. The Morgan fingerprint density at radius 3 is 2.93 bits per heavy atom. The van der Waals surface area contributed by atoms with Gasteiger partial charge >= 0.3 is 0 Å². The fourth-order valence-electron chi connectivity index (χ4n) is 1.56. The van der Waals surface area contributed by atoms with E-state index in [1.54, 1.807) is 6.20 Å². The molecule has 2 heteroatoms. The van der Waals surface area contributed by atoms with Gasteiger partial charge < -0.3 is 4.74 Å². The van der Waals surface area contributed by atoms with Gasteiger partial charge in [-0.25, -0.2) is 0 Å². The van der Waals surface area contributed by atoms with E-state index in [0.717, 1.165) is 11.3 Å². The SMILES string of the molecule is CCOc1ccc(C)c2cccnc12. The molecule has 0 amide bonds. The molecule has 72 valence electrons. The van der Waals surface area contributed by atoms with Crippen molar-refractivity contribution in [3.63, 3.8) is 0 Å². The Morgan fingerprint density at radius 2 is 2.14 bits per heavy atom. The summed E-state index contributed by atoms with van der Waals surface area (Å²) in [5, 5.41) is 1.17. The Hall–Kier alpha value is -1.57. The number of nitrogens with zero attached hydrogens (tertiary/aromatic N) is 1. The lowest BCUT2D eigenvalue weighted by atomic mass is 10.1. The highest BCUT2D eigenvalue weighted by molar-refractivity contribution is 5.87. The van der Waals surface area contributed by atoms with Crippen LogP contribution in [0.4, 0.5) is 0 Å². The first-order valence-corrected chi connectivity index (χ1v) is 4.80. The Labute approximate surface area is 83.5 Å². The van der Waals surface area contributed by atoms with E-state index in [9.17, 15) is 0 Å². The van der Waals surface area contributed by atoms with Gasteiger partial charge in [0, 0.05) is 11.6 Å². The summed E-state index contributed by atoms with van der Waals surface area (Å²) in [5.41, 5.74) is 2.19. The molecule has 0 bridgehead atoms. The lowest BCUT2D eigenvalue weighted by Gasteiger charge is -2.07. The van der Waals surface area contributed by atoms with Gasteiger partial charge in [0.25, 0.3) is 0 Å². The van der Waals surface area contributed by atoms with E-state index < -0.39 is 0 Å². The Balaban J connectivity index is 2.68. The predicted octanol–water partition coefficient (Wildman–Crippen LogP) is 2.94. The second-order valence-corrected chi connectivity index (χ2v) is 3.21. The largest absolute Gasteiger partial charge is 0.492 e. The summed E-state index contributed by atoms with van der Waals surface area (Å²) in [6, 6.07) is 8.06. The van der Waals surface area contributed by atoms with Crippen LogP contribution in [0.5, 0.6) is 5.75 Å². The van der Waals surface area contributed by atoms with Crippen LogP contribution in [0, 0.1) is 6.92 Å². The maximum Gasteiger partial charge on any atom is 0.145 e. The topological polar surface area (TPSA) is 22.1 Å². The second-order valence-electron chi connectivity index (χ2n) is 3.21. The molecule has 0 aliphatic rings. The molecule has 0 atom stereocenters. The number of hydrogen-bond donors (Lipinski definition) is 0. The Morgan fingerprint density at radius 1 is 1.29 bits per heavy atom. The van der Waals surface area contributed by atoms with Crippen molar-refractivity contribution >= 4 is 10.9 Å². The molecule has 2 nitrogen and oxygen atoms in total. The lowest BCUT2D eigenvalue weighted by molar-refractivity contribution is 0.343. The third kappa shape index (κ3) is 1.43. The minimum absolute atomic E-state index is 0.675. The van der Waals surface area contributed by atoms with Gasteiger partial charge in [-0.15, -0.1) is 0 Å². The summed E-state index contributed by atoms with van der Waals surface area (Å²) in [6.45, 7) is 4.74. The van der Waals surface area contributed by atoms with Gasteiger partial charge in [0.2, 0.25) is 0 Å². The van der Waals surface area contributed by atoms with Crippen LogP contribution < -0.4 is 4.74 Å². The van der Waals surface area contributed by atoms with E-state index in [1.165, 1.54) is 10.9 Å². The summed E-state index contributed by atoms with van der Waals surface area (Å²) in [6.07, 6.45) is 1.80. The molecule has 0 spiro atoms. The molecule has 0 saturated carbocycles. The minimum atomic E-state index is 0.675. The molecule has 1 heterocycles. The summed E-state index contributed by atoms with van der Waals surface area (Å²) in [5.74, 6) is 0.869. The van der Waals surface area contributed by atoms with E-state index in [1.807, 2.05) is 19.1 Å². The van der Waals surface area contributed by atoms with Crippen molar-refractivity contribution in [2.75, 3.05) is 6.61 Å². The molecular weight excluding hydrogens is 174 g/mol. The van der Waals surface area contributed by atoms with Gasteiger partial charge in [-0.3, -0.25) is 4.98 Å². The molecule has 0 aliphatic heterocycles. The van der Waals surface area contributed by atoms with Crippen molar-refractivity contribution in [3.8, 4) is 5.75 Å². The molecule has 0 unspecified atom stereocenters. The molecule has 2 rings (SSSR count). The Kier molecular flexibility index (Phi) is 2.35. The summed E-state index contributed by atoms with van der Waals surface area (Å²) in [4.78, 5) is 4.34. The van der Waals surface area contributed by atoms with Crippen molar-refractivity contribution in [2.45, 2.75) is 13.8 Å². The van der Waals surface area contributed by atoms with E-state index in [2.05, 4.69) is 24.0 Å². The number of aromatic nitrogens is 1. The van der Waals surface area contributed by atoms with E-state index >= 15 is 0 Å². The highest BCUT2D eigenvalue weighted by Crippen LogP contribution is 2.25. The average Bonchev–Trinajstić information content (AvgIpc) is 2.23. The predicted molar refractivity (Wildman–Crippen MR) is 57.6 cm³/mol. The summed E-state index contributed by atoms with van der Waals surface area (Å²) < 4.78 is 5.51. The number of rotatable bonds is 2. The van der Waals surface area contributed by atoms with Gasteiger partial charge in [-0.2, -0.15) is 0 Å². The van der Waals surface area contributed by atoms with E-state index in [0.29, 0.717) is 6.61 Å². The monoisotopic (exact) mass is 187 g/mol. The number of benzene rings is 1. The molecule has 0 saturated heterocycles. The Bertz CT molecular complexity index is 451. The second kappa shape index (κ2) is 3.66. The third-order valence-corrected chi connectivity index (χ3v) is 2.25. The number of fused-ring (bicyclic) bond motifs is 1. The zero-order chi connectivity index (χ0) is 9.97.